The highest BCUT2D eigenvalue weighted by Gasteiger charge is 2.33. The molecule has 2 aromatic carbocycles. The molecule has 48 heavy (non-hydrogen) atoms. The second kappa shape index (κ2) is 18.7. The SMILES string of the molecule is CN1C(=O)[C@H](CCCN)NC(=O)[C@@H](N)Cc2cc(ccc2O)-c2cccc(c2)C[C@H]1C(=O)NCC(=O)NCCC[C@H](N)C(=O)NCCN. The Kier molecular flexibility index (Phi) is 14.7. The van der Waals surface area contributed by atoms with Crippen LogP contribution in [0.1, 0.15) is 36.8 Å². The van der Waals surface area contributed by atoms with Crippen molar-refractivity contribution in [3.8, 4) is 16.9 Å². The summed E-state index contributed by atoms with van der Waals surface area (Å²) < 4.78 is 0. The normalized spacial score (nSPS) is 18.9. The van der Waals surface area contributed by atoms with Crippen LogP contribution in [-0.4, -0.2) is 103 Å². The Morgan fingerprint density at radius 3 is 2.46 bits per heavy atom. The Labute approximate surface area is 280 Å². The fraction of sp³-hybridized carbons (Fsp3) is 0.485. The molecule has 15 nitrogen and oxygen atoms in total. The molecule has 1 aliphatic heterocycles. The van der Waals surface area contributed by atoms with Gasteiger partial charge in [-0.15, -0.1) is 0 Å². The number of fused-ring (bicyclic) bond motifs is 5. The molecule has 0 spiro atoms. The summed E-state index contributed by atoms with van der Waals surface area (Å²) >= 11 is 0. The molecule has 0 aliphatic carbocycles. The van der Waals surface area contributed by atoms with E-state index >= 15 is 0 Å². The number of likely N-dealkylation sites (N-methyl/N-ethyl adjacent to an activating group) is 1. The summed E-state index contributed by atoms with van der Waals surface area (Å²) in [5.41, 5.74) is 26.0. The third-order valence-electron chi connectivity index (χ3n) is 8.19. The summed E-state index contributed by atoms with van der Waals surface area (Å²) in [7, 11) is 1.48. The molecule has 262 valence electrons. The van der Waals surface area contributed by atoms with Gasteiger partial charge in [-0.25, -0.2) is 0 Å². The molecule has 4 atom stereocenters. The fourth-order valence-electron chi connectivity index (χ4n) is 5.38. The Hall–Kier alpha value is -4.57. The first-order valence-electron chi connectivity index (χ1n) is 16.2. The number of nitrogens with zero attached hydrogens (tertiary/aromatic N) is 1. The summed E-state index contributed by atoms with van der Waals surface area (Å²) in [5.74, 6) is -2.45. The zero-order chi connectivity index (χ0) is 35.2. The van der Waals surface area contributed by atoms with E-state index in [0.717, 1.165) is 16.7 Å². The first-order chi connectivity index (χ1) is 22.9. The van der Waals surface area contributed by atoms with Crippen molar-refractivity contribution in [1.29, 1.82) is 0 Å². The van der Waals surface area contributed by atoms with Crippen LogP contribution in [0.5, 0.6) is 5.75 Å². The zero-order valence-corrected chi connectivity index (χ0v) is 27.4. The first-order valence-corrected chi connectivity index (χ1v) is 16.2. The lowest BCUT2D eigenvalue weighted by molar-refractivity contribution is -0.142. The second-order valence-corrected chi connectivity index (χ2v) is 11.9. The minimum atomic E-state index is -1.07. The minimum absolute atomic E-state index is 0.00645. The Bertz CT molecular complexity index is 1440. The van der Waals surface area contributed by atoms with E-state index in [9.17, 15) is 29.1 Å². The highest BCUT2D eigenvalue weighted by Crippen LogP contribution is 2.28. The smallest absolute Gasteiger partial charge is 0.245 e. The van der Waals surface area contributed by atoms with Crippen LogP contribution in [0.3, 0.4) is 0 Å². The number of rotatable bonds is 13. The van der Waals surface area contributed by atoms with Crippen LogP contribution in [0.4, 0.5) is 0 Å². The van der Waals surface area contributed by atoms with Gasteiger partial charge in [0, 0.05) is 39.5 Å². The largest absolute Gasteiger partial charge is 0.508 e. The summed E-state index contributed by atoms with van der Waals surface area (Å²) in [6.45, 7) is 0.795. The van der Waals surface area contributed by atoms with E-state index in [0.29, 0.717) is 37.9 Å². The molecule has 3 rings (SSSR count). The van der Waals surface area contributed by atoms with Crippen molar-refractivity contribution < 1.29 is 29.1 Å². The number of nitrogens with two attached hydrogens (primary N) is 4. The molecule has 13 N–H and O–H groups in total. The maximum atomic E-state index is 13.8. The molecule has 0 saturated carbocycles. The van der Waals surface area contributed by atoms with Crippen molar-refractivity contribution >= 4 is 29.5 Å². The number of nitrogens with one attached hydrogen (secondary N) is 4. The van der Waals surface area contributed by atoms with Crippen LogP contribution < -0.4 is 44.2 Å². The van der Waals surface area contributed by atoms with Crippen LogP contribution in [0.15, 0.2) is 42.5 Å². The fourth-order valence-corrected chi connectivity index (χ4v) is 5.38. The van der Waals surface area contributed by atoms with Gasteiger partial charge in [0.05, 0.1) is 18.6 Å². The van der Waals surface area contributed by atoms with E-state index in [1.54, 1.807) is 12.1 Å². The predicted molar refractivity (Wildman–Crippen MR) is 181 cm³/mol. The van der Waals surface area contributed by atoms with Crippen molar-refractivity contribution in [2.75, 3.05) is 39.8 Å². The van der Waals surface area contributed by atoms with Crippen LogP contribution in [0, 0.1) is 0 Å². The molecule has 15 heteroatoms. The molecule has 5 amide bonds. The lowest BCUT2D eigenvalue weighted by atomic mass is 9.95. The quantitative estimate of drug-likeness (QED) is 0.106. The number of carbonyl (C=O) groups excluding carboxylic acids is 5. The van der Waals surface area contributed by atoms with Gasteiger partial charge in [0.1, 0.15) is 17.8 Å². The number of hydrogen-bond donors (Lipinski definition) is 9. The molecule has 1 aliphatic rings. The van der Waals surface area contributed by atoms with E-state index < -0.39 is 47.8 Å². The van der Waals surface area contributed by atoms with E-state index in [2.05, 4.69) is 21.3 Å². The molecule has 0 unspecified atom stereocenters. The van der Waals surface area contributed by atoms with E-state index in [4.69, 9.17) is 22.9 Å². The number of aromatic hydroxyl groups is 1. The van der Waals surface area contributed by atoms with Crippen molar-refractivity contribution in [2.24, 2.45) is 22.9 Å². The van der Waals surface area contributed by atoms with Gasteiger partial charge in [-0.1, -0.05) is 30.3 Å². The average molecular weight is 668 g/mol. The summed E-state index contributed by atoms with van der Waals surface area (Å²) in [6.07, 6.45) is 1.55. The van der Waals surface area contributed by atoms with Crippen LogP contribution in [0.2, 0.25) is 0 Å². The van der Waals surface area contributed by atoms with Crippen molar-refractivity contribution in [1.82, 2.24) is 26.2 Å². The highest BCUT2D eigenvalue weighted by molar-refractivity contribution is 5.94. The zero-order valence-electron chi connectivity index (χ0n) is 27.4. The van der Waals surface area contributed by atoms with Crippen LogP contribution in [-0.2, 0) is 36.8 Å². The number of carbonyl (C=O) groups is 5. The van der Waals surface area contributed by atoms with Crippen LogP contribution >= 0.6 is 0 Å². The van der Waals surface area contributed by atoms with Gasteiger partial charge in [0.25, 0.3) is 0 Å². The lowest BCUT2D eigenvalue weighted by Crippen LogP contribution is -2.57. The summed E-state index contributed by atoms with van der Waals surface area (Å²) in [6, 6.07) is 8.60. The molecule has 0 fully saturated rings. The minimum Gasteiger partial charge on any atom is -0.508 e. The number of amides is 5. The predicted octanol–water partition coefficient (Wildman–Crippen LogP) is -2.05. The third-order valence-corrected chi connectivity index (χ3v) is 8.19. The lowest BCUT2D eigenvalue weighted by Gasteiger charge is -2.31. The highest BCUT2D eigenvalue weighted by atomic mass is 16.3. The van der Waals surface area contributed by atoms with Crippen molar-refractivity contribution in [2.45, 2.75) is 62.7 Å². The van der Waals surface area contributed by atoms with Gasteiger partial charge in [0.15, 0.2) is 0 Å². The first kappa shape index (κ1) is 37.9. The van der Waals surface area contributed by atoms with Crippen LogP contribution in [0.25, 0.3) is 11.1 Å². The Morgan fingerprint density at radius 1 is 0.979 bits per heavy atom. The maximum absolute atomic E-state index is 13.8. The monoisotopic (exact) mass is 667 g/mol. The van der Waals surface area contributed by atoms with E-state index in [1.165, 1.54) is 18.0 Å². The van der Waals surface area contributed by atoms with Gasteiger partial charge in [-0.3, -0.25) is 24.0 Å². The van der Waals surface area contributed by atoms with Gasteiger partial charge < -0.3 is 54.2 Å². The Morgan fingerprint density at radius 2 is 1.73 bits per heavy atom. The molecular weight excluding hydrogens is 618 g/mol. The van der Waals surface area contributed by atoms with Crippen molar-refractivity contribution in [3.05, 3.63) is 53.6 Å². The van der Waals surface area contributed by atoms with Crippen molar-refractivity contribution in [3.63, 3.8) is 0 Å². The number of benzene rings is 2. The molecule has 0 radical (unpaired) electrons. The third kappa shape index (κ3) is 11.0. The number of phenols is 1. The van der Waals surface area contributed by atoms with Gasteiger partial charge in [0.2, 0.25) is 29.5 Å². The molecule has 0 saturated heterocycles. The summed E-state index contributed by atoms with van der Waals surface area (Å²) in [4.78, 5) is 66.4. The second-order valence-electron chi connectivity index (χ2n) is 11.9. The molecule has 1 heterocycles. The summed E-state index contributed by atoms with van der Waals surface area (Å²) in [5, 5.41) is 21.2. The molecule has 0 aromatic heterocycles. The molecular formula is C33H49N9O6. The topological polar surface area (TPSA) is 261 Å². The number of phenolic OH excluding ortho intramolecular Hbond substituents is 1. The standard InChI is InChI=1S/C33H49N9O6/c1-42-27(32(47)40-19-29(44)38-13-4-7-24(36)30(45)39-14-12-35)16-20-5-2-6-21(15-20)22-9-10-28(43)23(17-22)18-25(37)31(46)41-26(33(42)48)8-3-11-34/h2,5-6,9-10,15,17,24-27,43H,3-4,7-8,11-14,16,18-19,34-37H2,1H3,(H,38,44)(H,39,45)(H,40,47)(H,41,46)/t24-,25-,26-,27-/m0/s1. The molecule has 4 bridgehead atoms. The number of hydrogen-bond acceptors (Lipinski definition) is 10. The van der Waals surface area contributed by atoms with E-state index in [1.807, 2.05) is 24.3 Å². The van der Waals surface area contributed by atoms with Gasteiger partial charge >= 0.3 is 0 Å². The van der Waals surface area contributed by atoms with E-state index in [-0.39, 0.29) is 50.6 Å². The van der Waals surface area contributed by atoms with Gasteiger partial charge in [-0.05, 0) is 66.6 Å². The Balaban J connectivity index is 1.79. The average Bonchev–Trinajstić information content (AvgIpc) is 3.08. The molecule has 2 aromatic rings. The van der Waals surface area contributed by atoms with Gasteiger partial charge in [-0.2, -0.15) is 0 Å². The maximum Gasteiger partial charge on any atom is 0.245 e.